The average Bonchev–Trinajstić information content (AvgIpc) is 3.12. The molecule has 9 heteroatoms. The maximum atomic E-state index is 12.8. The molecule has 1 aromatic heterocycles. The summed E-state index contributed by atoms with van der Waals surface area (Å²) in [4.78, 5) is 38.4. The summed E-state index contributed by atoms with van der Waals surface area (Å²) in [7, 11) is -0.493. The molecule has 1 N–H and O–H groups in total. The minimum absolute atomic E-state index is 0.165. The van der Waals surface area contributed by atoms with Crippen molar-refractivity contribution < 1.29 is 23.7 Å². The molecule has 138 valence electrons. The van der Waals surface area contributed by atoms with Crippen molar-refractivity contribution in [2.24, 2.45) is 0 Å². The monoisotopic (exact) mass is 376 g/mol. The van der Waals surface area contributed by atoms with E-state index in [9.17, 15) is 14.4 Å². The normalized spacial score (nSPS) is 27.1. The van der Waals surface area contributed by atoms with E-state index in [4.69, 9.17) is 9.31 Å². The molecule has 0 aromatic carbocycles. The van der Waals surface area contributed by atoms with Crippen LogP contribution in [0, 0.1) is 0 Å². The highest BCUT2D eigenvalue weighted by atomic mass is 32.1. The molecule has 7 nitrogen and oxygen atoms in total. The molecule has 26 heavy (non-hydrogen) atoms. The Hall–Kier alpha value is -1.71. The van der Waals surface area contributed by atoms with E-state index >= 15 is 0 Å². The number of fused-ring (bicyclic) bond motifs is 1. The van der Waals surface area contributed by atoms with Crippen LogP contribution in [-0.4, -0.2) is 47.0 Å². The van der Waals surface area contributed by atoms with Crippen LogP contribution in [0.3, 0.4) is 0 Å². The van der Waals surface area contributed by atoms with Gasteiger partial charge < -0.3 is 14.2 Å². The van der Waals surface area contributed by atoms with E-state index in [0.717, 1.165) is 10.3 Å². The number of imide groups is 1. The van der Waals surface area contributed by atoms with Gasteiger partial charge in [-0.1, -0.05) is 0 Å². The molecule has 0 aliphatic carbocycles. The third-order valence-electron chi connectivity index (χ3n) is 5.70. The van der Waals surface area contributed by atoms with E-state index in [-0.39, 0.29) is 18.2 Å². The Morgan fingerprint density at radius 1 is 1.19 bits per heavy atom. The lowest BCUT2D eigenvalue weighted by atomic mass is 9.87. The lowest BCUT2D eigenvalue weighted by Gasteiger charge is -2.32. The number of piperidine rings is 1. The topological polar surface area (TPSA) is 84.9 Å². The second-order valence-electron chi connectivity index (χ2n) is 7.99. The number of carbonyl (C=O) groups is 3. The van der Waals surface area contributed by atoms with Crippen molar-refractivity contribution in [1.82, 2.24) is 10.2 Å². The van der Waals surface area contributed by atoms with Gasteiger partial charge in [-0.2, -0.15) is 0 Å². The number of carbonyl (C=O) groups excluding carboxylic acids is 3. The zero-order valence-corrected chi connectivity index (χ0v) is 16.1. The molecule has 1 unspecified atom stereocenters. The molecule has 0 spiro atoms. The van der Waals surface area contributed by atoms with Crippen LogP contribution in [0.2, 0.25) is 0 Å². The highest BCUT2D eigenvalue weighted by Crippen LogP contribution is 2.38. The van der Waals surface area contributed by atoms with Gasteiger partial charge >= 0.3 is 7.12 Å². The Kier molecular flexibility index (Phi) is 3.84. The minimum atomic E-state index is -0.583. The molecule has 2 fully saturated rings. The number of nitrogens with one attached hydrogen (secondary N) is 1. The predicted molar refractivity (Wildman–Crippen MR) is 96.1 cm³/mol. The maximum Gasteiger partial charge on any atom is 0.505 e. The Balaban J connectivity index is 1.53. The minimum Gasteiger partial charge on any atom is -0.399 e. The predicted octanol–water partition coefficient (Wildman–Crippen LogP) is 0.808. The van der Waals surface area contributed by atoms with Gasteiger partial charge in [-0.25, -0.2) is 0 Å². The molecular weight excluding hydrogens is 355 g/mol. The van der Waals surface area contributed by atoms with Crippen LogP contribution in [0.1, 0.15) is 55.8 Å². The molecule has 0 radical (unpaired) electrons. The van der Waals surface area contributed by atoms with E-state index in [2.05, 4.69) is 5.32 Å². The molecule has 0 bridgehead atoms. The number of nitrogens with zero attached hydrogens (tertiary/aromatic N) is 1. The fraction of sp³-hybridized carbons (Fsp3) is 0.588. The number of hydrogen-bond acceptors (Lipinski definition) is 6. The van der Waals surface area contributed by atoms with Crippen molar-refractivity contribution in [3.8, 4) is 0 Å². The first-order chi connectivity index (χ1) is 12.1. The van der Waals surface area contributed by atoms with Gasteiger partial charge in [-0.15, -0.1) is 11.3 Å². The lowest BCUT2D eigenvalue weighted by molar-refractivity contribution is -0.136. The van der Waals surface area contributed by atoms with Crippen molar-refractivity contribution in [3.05, 3.63) is 16.5 Å². The van der Waals surface area contributed by atoms with Crippen LogP contribution >= 0.6 is 11.3 Å². The number of amides is 3. The first kappa shape index (κ1) is 17.7. The Morgan fingerprint density at radius 3 is 2.42 bits per heavy atom. The third kappa shape index (κ3) is 2.61. The van der Waals surface area contributed by atoms with Gasteiger partial charge in [0.15, 0.2) is 0 Å². The fourth-order valence-electron chi connectivity index (χ4n) is 3.44. The van der Waals surface area contributed by atoms with Gasteiger partial charge in [0, 0.05) is 17.7 Å². The Bertz CT molecular complexity index is 802. The summed E-state index contributed by atoms with van der Waals surface area (Å²) >= 11 is 1.36. The van der Waals surface area contributed by atoms with Crippen molar-refractivity contribution in [2.45, 2.75) is 64.3 Å². The molecule has 2 saturated heterocycles. The zero-order chi connectivity index (χ0) is 18.9. The van der Waals surface area contributed by atoms with Gasteiger partial charge in [0.25, 0.3) is 5.91 Å². The van der Waals surface area contributed by atoms with Gasteiger partial charge in [0.2, 0.25) is 11.8 Å². The van der Waals surface area contributed by atoms with Gasteiger partial charge in [0.1, 0.15) is 6.04 Å². The summed E-state index contributed by atoms with van der Waals surface area (Å²) < 4.78 is 13.0. The van der Waals surface area contributed by atoms with E-state index in [1.54, 1.807) is 4.90 Å². The SMILES string of the molecule is CC1(C)OB(c2cc3c(s2)C(=O)N(C2CCC(=O)NC2=O)C3)OC1(C)C. The molecule has 0 saturated carbocycles. The highest BCUT2D eigenvalue weighted by molar-refractivity contribution is 7.24. The maximum absolute atomic E-state index is 12.8. The molecular formula is C17H21BN2O5S. The second kappa shape index (κ2) is 5.64. The number of thiophene rings is 1. The van der Waals surface area contributed by atoms with E-state index < -0.39 is 30.3 Å². The smallest absolute Gasteiger partial charge is 0.399 e. The molecule has 3 aliphatic heterocycles. The first-order valence-electron chi connectivity index (χ1n) is 8.72. The molecule has 3 amide bonds. The van der Waals surface area contributed by atoms with Crippen molar-refractivity contribution in [1.29, 1.82) is 0 Å². The van der Waals surface area contributed by atoms with Gasteiger partial charge in [0.05, 0.1) is 16.1 Å². The van der Waals surface area contributed by atoms with Gasteiger partial charge in [-0.3, -0.25) is 19.7 Å². The summed E-state index contributed by atoms with van der Waals surface area (Å²) in [6.07, 6.45) is 0.627. The van der Waals surface area contributed by atoms with Crippen LogP contribution < -0.4 is 10.1 Å². The molecule has 3 aliphatic rings. The first-order valence-corrected chi connectivity index (χ1v) is 9.53. The van der Waals surface area contributed by atoms with Crippen molar-refractivity contribution in [3.63, 3.8) is 0 Å². The highest BCUT2D eigenvalue weighted by Gasteiger charge is 2.53. The van der Waals surface area contributed by atoms with Crippen LogP contribution in [0.4, 0.5) is 0 Å². The average molecular weight is 376 g/mol. The summed E-state index contributed by atoms with van der Waals surface area (Å²) in [5, 5.41) is 2.31. The molecule has 1 aromatic rings. The van der Waals surface area contributed by atoms with Gasteiger partial charge in [-0.05, 0) is 45.7 Å². The van der Waals surface area contributed by atoms with Crippen LogP contribution in [-0.2, 0) is 25.4 Å². The van der Waals surface area contributed by atoms with Crippen LogP contribution in [0.15, 0.2) is 6.07 Å². The van der Waals surface area contributed by atoms with Crippen molar-refractivity contribution >= 4 is 41.0 Å². The molecule has 4 heterocycles. The Morgan fingerprint density at radius 2 is 1.85 bits per heavy atom. The van der Waals surface area contributed by atoms with Crippen molar-refractivity contribution in [2.75, 3.05) is 0 Å². The van der Waals surface area contributed by atoms with E-state index in [1.165, 1.54) is 11.3 Å². The fourth-order valence-corrected chi connectivity index (χ4v) is 4.53. The quantitative estimate of drug-likeness (QED) is 0.610. The van der Waals surface area contributed by atoms with Crippen LogP contribution in [0.5, 0.6) is 0 Å². The zero-order valence-electron chi connectivity index (χ0n) is 15.3. The summed E-state index contributed by atoms with van der Waals surface area (Å²) in [5.41, 5.74) is 0.0124. The molecule has 4 rings (SSSR count). The largest absolute Gasteiger partial charge is 0.505 e. The summed E-state index contributed by atoms with van der Waals surface area (Å²) in [6, 6.07) is 1.35. The number of rotatable bonds is 2. The lowest BCUT2D eigenvalue weighted by Crippen LogP contribution is -2.52. The Labute approximate surface area is 156 Å². The third-order valence-corrected chi connectivity index (χ3v) is 6.88. The van der Waals surface area contributed by atoms with E-state index in [1.807, 2.05) is 33.8 Å². The summed E-state index contributed by atoms with van der Waals surface area (Å²) in [6.45, 7) is 8.33. The summed E-state index contributed by atoms with van der Waals surface area (Å²) in [5.74, 6) is -0.839. The molecule has 1 atom stereocenters. The van der Waals surface area contributed by atoms with E-state index in [0.29, 0.717) is 17.8 Å². The second-order valence-corrected chi connectivity index (χ2v) is 9.08. The standard InChI is InChI=1S/C17H21BN2O5S/c1-16(2)17(3,4)25-18(24-16)11-7-9-8-20(15(23)13(9)26-11)10-5-6-12(21)19-14(10)22/h7,10H,5-6,8H2,1-4H3,(H,19,21,22). The number of hydrogen-bond donors (Lipinski definition) is 1. The van der Waals surface area contributed by atoms with Crippen LogP contribution in [0.25, 0.3) is 0 Å².